The number of benzene rings is 1. The number of carbonyl (C=O) groups is 1. The lowest BCUT2D eigenvalue weighted by Crippen LogP contribution is -2.41. The molecule has 0 aliphatic carbocycles. The smallest absolute Gasteiger partial charge is 0.410 e. The first-order chi connectivity index (χ1) is 10.8. The highest BCUT2D eigenvalue weighted by molar-refractivity contribution is 6.34. The fraction of sp³-hybridized carbons (Fsp3) is 0.412. The van der Waals surface area contributed by atoms with Crippen LogP contribution in [-0.4, -0.2) is 40.5 Å². The van der Waals surface area contributed by atoms with Crippen molar-refractivity contribution in [1.82, 2.24) is 14.5 Å². The Kier molecular flexibility index (Phi) is 3.92. The molecule has 1 aliphatic heterocycles. The quantitative estimate of drug-likeness (QED) is 0.758. The summed E-state index contributed by atoms with van der Waals surface area (Å²) in [7, 11) is 6.11. The topological polar surface area (TPSA) is 47.4 Å². The summed E-state index contributed by atoms with van der Waals surface area (Å²) in [6, 6.07) is 9.95. The van der Waals surface area contributed by atoms with Gasteiger partial charge in [0.05, 0.1) is 12.2 Å². The molecule has 0 saturated carbocycles. The van der Waals surface area contributed by atoms with E-state index >= 15 is 0 Å². The van der Waals surface area contributed by atoms with Gasteiger partial charge >= 0.3 is 6.09 Å². The number of hydrogen-bond donors (Lipinski definition) is 0. The van der Waals surface area contributed by atoms with Crippen LogP contribution in [0.25, 0.3) is 11.3 Å². The van der Waals surface area contributed by atoms with Gasteiger partial charge in [-0.1, -0.05) is 30.3 Å². The van der Waals surface area contributed by atoms with Crippen LogP contribution in [0.4, 0.5) is 4.79 Å². The lowest BCUT2D eigenvalue weighted by atomic mass is 9.98. The highest BCUT2D eigenvalue weighted by Gasteiger charge is 2.28. The van der Waals surface area contributed by atoms with Crippen molar-refractivity contribution >= 4 is 19.5 Å². The molecule has 0 fully saturated rings. The van der Waals surface area contributed by atoms with Gasteiger partial charge in [-0.05, 0) is 26.3 Å². The molecule has 0 saturated heterocycles. The number of rotatable bonds is 1. The van der Waals surface area contributed by atoms with Crippen molar-refractivity contribution in [2.45, 2.75) is 39.5 Å². The maximum Gasteiger partial charge on any atom is 0.410 e. The molecular formula is C17H20BN3O2. The molecule has 0 unspecified atom stereocenters. The standard InChI is InChI=1S/C17H20BN3O2/c1-17(2,3)23-16(22)20-9-10-21-13(11-20)19-15(18)14(21)12-7-5-4-6-8-12/h4-8H,9-11H2,1-3H3. The number of aromatic nitrogens is 2. The normalized spacial score (nSPS) is 14.5. The Balaban J connectivity index is 1.85. The van der Waals surface area contributed by atoms with Gasteiger partial charge < -0.3 is 9.30 Å². The van der Waals surface area contributed by atoms with E-state index in [4.69, 9.17) is 12.6 Å². The van der Waals surface area contributed by atoms with Crippen LogP contribution in [-0.2, 0) is 17.8 Å². The Hall–Kier alpha value is -2.24. The van der Waals surface area contributed by atoms with Gasteiger partial charge in [0.2, 0.25) is 0 Å². The van der Waals surface area contributed by atoms with Crippen LogP contribution < -0.4 is 5.59 Å². The first kappa shape index (κ1) is 15.7. The number of nitrogens with zero attached hydrogens (tertiary/aromatic N) is 3. The number of imidazole rings is 1. The summed E-state index contributed by atoms with van der Waals surface area (Å²) in [6.07, 6.45) is -0.313. The van der Waals surface area contributed by atoms with Gasteiger partial charge in [-0.2, -0.15) is 0 Å². The Labute approximate surface area is 137 Å². The summed E-state index contributed by atoms with van der Waals surface area (Å²) in [5.41, 5.74) is 1.95. The predicted molar refractivity (Wildman–Crippen MR) is 89.7 cm³/mol. The second-order valence-corrected chi connectivity index (χ2v) is 6.68. The molecule has 0 spiro atoms. The van der Waals surface area contributed by atoms with Crippen LogP contribution in [0, 0.1) is 0 Å². The van der Waals surface area contributed by atoms with E-state index in [2.05, 4.69) is 9.55 Å². The molecule has 2 radical (unpaired) electrons. The number of fused-ring (bicyclic) bond motifs is 1. The van der Waals surface area contributed by atoms with Gasteiger partial charge in [0.15, 0.2) is 0 Å². The molecule has 0 atom stereocenters. The van der Waals surface area contributed by atoms with E-state index in [-0.39, 0.29) is 6.09 Å². The fourth-order valence-electron chi connectivity index (χ4n) is 2.73. The van der Waals surface area contributed by atoms with Gasteiger partial charge in [-0.3, -0.25) is 4.90 Å². The summed E-state index contributed by atoms with van der Waals surface area (Å²) in [5.74, 6) is 0.790. The Morgan fingerprint density at radius 2 is 1.91 bits per heavy atom. The lowest BCUT2D eigenvalue weighted by Gasteiger charge is -2.31. The van der Waals surface area contributed by atoms with Crippen molar-refractivity contribution in [2.24, 2.45) is 0 Å². The molecule has 2 heterocycles. The van der Waals surface area contributed by atoms with Crippen LogP contribution in [0.2, 0.25) is 0 Å². The van der Waals surface area contributed by atoms with Crippen molar-refractivity contribution in [1.29, 1.82) is 0 Å². The average molecular weight is 309 g/mol. The van der Waals surface area contributed by atoms with Gasteiger partial charge in [0.1, 0.15) is 19.3 Å². The van der Waals surface area contributed by atoms with E-state index in [0.29, 0.717) is 25.2 Å². The largest absolute Gasteiger partial charge is 0.444 e. The monoisotopic (exact) mass is 309 g/mol. The summed E-state index contributed by atoms with van der Waals surface area (Å²) in [6.45, 7) is 7.23. The molecule has 1 amide bonds. The molecule has 0 bridgehead atoms. The molecule has 1 aromatic heterocycles. The zero-order valence-corrected chi connectivity index (χ0v) is 13.7. The molecule has 118 valence electrons. The molecule has 23 heavy (non-hydrogen) atoms. The second kappa shape index (κ2) is 5.76. The molecule has 2 aromatic rings. The van der Waals surface area contributed by atoms with Crippen LogP contribution in [0.5, 0.6) is 0 Å². The number of amides is 1. The molecule has 1 aromatic carbocycles. The third kappa shape index (κ3) is 3.26. The fourth-order valence-corrected chi connectivity index (χ4v) is 2.73. The van der Waals surface area contributed by atoms with E-state index in [1.807, 2.05) is 51.1 Å². The van der Waals surface area contributed by atoms with E-state index in [1.165, 1.54) is 0 Å². The van der Waals surface area contributed by atoms with E-state index in [9.17, 15) is 4.79 Å². The molecule has 6 heteroatoms. The Bertz CT molecular complexity index is 719. The van der Waals surface area contributed by atoms with Crippen LogP contribution in [0.3, 0.4) is 0 Å². The summed E-state index contributed by atoms with van der Waals surface area (Å²) in [4.78, 5) is 18.3. The maximum absolute atomic E-state index is 12.2. The van der Waals surface area contributed by atoms with Crippen molar-refractivity contribution in [2.75, 3.05) is 6.54 Å². The van der Waals surface area contributed by atoms with Crippen LogP contribution in [0.15, 0.2) is 30.3 Å². The number of ether oxygens (including phenoxy) is 1. The Morgan fingerprint density at radius 1 is 1.22 bits per heavy atom. The molecular weight excluding hydrogens is 289 g/mol. The van der Waals surface area contributed by atoms with E-state index in [1.54, 1.807) is 4.90 Å². The van der Waals surface area contributed by atoms with Crippen molar-refractivity contribution in [3.63, 3.8) is 0 Å². The molecule has 1 aliphatic rings. The van der Waals surface area contributed by atoms with Gasteiger partial charge in [0.25, 0.3) is 0 Å². The number of carbonyl (C=O) groups excluding carboxylic acids is 1. The van der Waals surface area contributed by atoms with Crippen LogP contribution >= 0.6 is 0 Å². The average Bonchev–Trinajstić information content (AvgIpc) is 2.81. The lowest BCUT2D eigenvalue weighted by molar-refractivity contribution is 0.0196. The minimum Gasteiger partial charge on any atom is -0.444 e. The Morgan fingerprint density at radius 3 is 2.57 bits per heavy atom. The third-order valence-electron chi connectivity index (χ3n) is 3.70. The zero-order valence-electron chi connectivity index (χ0n) is 13.7. The highest BCUT2D eigenvalue weighted by atomic mass is 16.6. The summed E-state index contributed by atoms with van der Waals surface area (Å²) >= 11 is 0. The van der Waals surface area contributed by atoms with Crippen molar-refractivity contribution < 1.29 is 9.53 Å². The highest BCUT2D eigenvalue weighted by Crippen LogP contribution is 2.23. The minimum absolute atomic E-state index is 0.313. The van der Waals surface area contributed by atoms with Crippen LogP contribution in [0.1, 0.15) is 26.6 Å². The van der Waals surface area contributed by atoms with Gasteiger partial charge in [-0.15, -0.1) is 0 Å². The van der Waals surface area contributed by atoms with E-state index in [0.717, 1.165) is 17.1 Å². The molecule has 5 nitrogen and oxygen atoms in total. The second-order valence-electron chi connectivity index (χ2n) is 6.68. The van der Waals surface area contributed by atoms with Gasteiger partial charge in [-0.25, -0.2) is 9.78 Å². The third-order valence-corrected chi connectivity index (χ3v) is 3.70. The predicted octanol–water partition coefficient (Wildman–Crippen LogP) is 2.09. The zero-order chi connectivity index (χ0) is 16.6. The molecule has 0 N–H and O–H groups in total. The first-order valence-corrected chi connectivity index (χ1v) is 7.73. The van der Waals surface area contributed by atoms with Gasteiger partial charge in [0, 0.05) is 18.7 Å². The summed E-state index contributed by atoms with van der Waals surface area (Å²) < 4.78 is 7.52. The summed E-state index contributed by atoms with van der Waals surface area (Å²) in [5, 5.41) is 0. The maximum atomic E-state index is 12.2. The van der Waals surface area contributed by atoms with Crippen molar-refractivity contribution in [3.05, 3.63) is 36.2 Å². The first-order valence-electron chi connectivity index (χ1n) is 7.73. The minimum atomic E-state index is -0.502. The molecule has 3 rings (SSSR count). The van der Waals surface area contributed by atoms with Crippen molar-refractivity contribution in [3.8, 4) is 11.3 Å². The SMILES string of the molecule is [B]c1nc2n(c1-c1ccccc1)CCN(C(=O)OC(C)(C)C)C2. The number of hydrogen-bond acceptors (Lipinski definition) is 3. The van der Waals surface area contributed by atoms with E-state index < -0.39 is 5.60 Å².